The summed E-state index contributed by atoms with van der Waals surface area (Å²) in [5.74, 6) is -0.0220. The van der Waals surface area contributed by atoms with E-state index in [0.29, 0.717) is 11.0 Å². The van der Waals surface area contributed by atoms with Crippen molar-refractivity contribution >= 4 is 22.7 Å². The number of nitrogens with zero attached hydrogens (tertiary/aromatic N) is 3. The second-order valence-corrected chi connectivity index (χ2v) is 5.93. The zero-order valence-electron chi connectivity index (χ0n) is 13.1. The smallest absolute Gasteiger partial charge is 0.249 e. The molecule has 0 amide bonds. The minimum Gasteiger partial charge on any atom is -0.292 e. The molecule has 3 rings (SSSR count). The van der Waals surface area contributed by atoms with Crippen LogP contribution in [-0.2, 0) is 0 Å². The van der Waals surface area contributed by atoms with Crippen molar-refractivity contribution in [3.8, 4) is 0 Å². The Balaban J connectivity index is 2.02. The number of imidazole rings is 1. The Bertz CT molecular complexity index is 714. The highest BCUT2D eigenvalue weighted by molar-refractivity contribution is 6.02. The number of carbonyl (C=O) groups is 2. The van der Waals surface area contributed by atoms with Gasteiger partial charge in [0.15, 0.2) is 11.6 Å². The Morgan fingerprint density at radius 1 is 1.14 bits per heavy atom. The van der Waals surface area contributed by atoms with Gasteiger partial charge in [0.1, 0.15) is 0 Å². The molecule has 0 radical (unpaired) electrons. The van der Waals surface area contributed by atoms with E-state index in [1.807, 2.05) is 31.2 Å². The molecule has 116 valence electrons. The first-order valence-electron chi connectivity index (χ1n) is 7.86. The number of benzene rings is 1. The van der Waals surface area contributed by atoms with Crippen LogP contribution in [0.25, 0.3) is 11.0 Å². The molecule has 22 heavy (non-hydrogen) atoms. The fourth-order valence-electron chi connectivity index (χ4n) is 3.13. The highest BCUT2D eigenvalue weighted by Crippen LogP contribution is 2.20. The van der Waals surface area contributed by atoms with Gasteiger partial charge in [-0.05, 0) is 45.0 Å². The Kier molecular flexibility index (Phi) is 4.07. The molecule has 1 aromatic carbocycles. The van der Waals surface area contributed by atoms with Crippen LogP contribution < -0.4 is 0 Å². The van der Waals surface area contributed by atoms with E-state index in [-0.39, 0.29) is 23.6 Å². The predicted molar refractivity (Wildman–Crippen MR) is 85.3 cm³/mol. The van der Waals surface area contributed by atoms with Gasteiger partial charge in [0.2, 0.25) is 5.91 Å². The third-order valence-corrected chi connectivity index (χ3v) is 4.39. The minimum atomic E-state index is -0.240. The van der Waals surface area contributed by atoms with Gasteiger partial charge in [-0.2, -0.15) is 0 Å². The molecule has 2 aromatic rings. The normalized spacial score (nSPS) is 17.5. The molecular formula is C17H21N3O2. The lowest BCUT2D eigenvalue weighted by molar-refractivity contribution is 0.0716. The molecular weight excluding hydrogens is 278 g/mol. The standard InChI is InChI=1S/C17H21N3O2/c1-12(19-10-6-3-7-11-19)17(22)20-15-9-5-4-8-14(15)18-16(20)13(2)21/h4-5,8-9,12H,3,6-7,10-11H2,1-2H3. The summed E-state index contributed by atoms with van der Waals surface area (Å²) >= 11 is 0. The van der Waals surface area contributed by atoms with Crippen LogP contribution >= 0.6 is 0 Å². The number of para-hydroxylation sites is 2. The lowest BCUT2D eigenvalue weighted by Gasteiger charge is -2.31. The molecule has 1 aliphatic heterocycles. The maximum absolute atomic E-state index is 13.0. The summed E-state index contributed by atoms with van der Waals surface area (Å²) in [5, 5.41) is 0. The van der Waals surface area contributed by atoms with Crippen LogP contribution in [0.2, 0.25) is 0 Å². The van der Waals surface area contributed by atoms with Gasteiger partial charge in [-0.15, -0.1) is 0 Å². The zero-order valence-corrected chi connectivity index (χ0v) is 13.1. The van der Waals surface area contributed by atoms with Crippen molar-refractivity contribution in [1.29, 1.82) is 0 Å². The summed E-state index contributed by atoms with van der Waals surface area (Å²) in [6, 6.07) is 7.16. The quantitative estimate of drug-likeness (QED) is 0.818. The number of piperidine rings is 1. The highest BCUT2D eigenvalue weighted by atomic mass is 16.2. The van der Waals surface area contributed by atoms with E-state index >= 15 is 0 Å². The number of ketones is 1. The van der Waals surface area contributed by atoms with Crippen molar-refractivity contribution < 1.29 is 9.59 Å². The van der Waals surface area contributed by atoms with Gasteiger partial charge in [-0.25, -0.2) is 4.98 Å². The van der Waals surface area contributed by atoms with E-state index in [2.05, 4.69) is 9.88 Å². The molecule has 1 aliphatic rings. The Morgan fingerprint density at radius 3 is 2.50 bits per heavy atom. The van der Waals surface area contributed by atoms with Gasteiger partial charge in [0, 0.05) is 6.92 Å². The average molecular weight is 299 g/mol. The molecule has 0 spiro atoms. The number of Topliss-reactive ketones (excluding diaryl/α,β-unsaturated/α-hetero) is 1. The van der Waals surface area contributed by atoms with Gasteiger partial charge in [0.25, 0.3) is 0 Å². The molecule has 5 nitrogen and oxygen atoms in total. The van der Waals surface area contributed by atoms with E-state index in [1.165, 1.54) is 17.9 Å². The van der Waals surface area contributed by atoms with E-state index in [4.69, 9.17) is 0 Å². The van der Waals surface area contributed by atoms with Gasteiger partial charge >= 0.3 is 0 Å². The van der Waals surface area contributed by atoms with Gasteiger partial charge in [-0.1, -0.05) is 18.6 Å². The highest BCUT2D eigenvalue weighted by Gasteiger charge is 2.28. The number of rotatable bonds is 3. The van der Waals surface area contributed by atoms with Crippen LogP contribution in [0, 0.1) is 0 Å². The van der Waals surface area contributed by atoms with Crippen molar-refractivity contribution in [3.05, 3.63) is 30.1 Å². The topological polar surface area (TPSA) is 55.2 Å². The molecule has 1 saturated heterocycles. The monoisotopic (exact) mass is 299 g/mol. The van der Waals surface area contributed by atoms with E-state index < -0.39 is 0 Å². The van der Waals surface area contributed by atoms with Crippen LogP contribution in [-0.4, -0.2) is 45.3 Å². The van der Waals surface area contributed by atoms with Gasteiger partial charge in [-0.3, -0.25) is 19.1 Å². The fraction of sp³-hybridized carbons (Fsp3) is 0.471. The van der Waals surface area contributed by atoms with Gasteiger partial charge in [0.05, 0.1) is 17.1 Å². The Morgan fingerprint density at radius 2 is 1.82 bits per heavy atom. The van der Waals surface area contributed by atoms with Crippen LogP contribution in [0.5, 0.6) is 0 Å². The van der Waals surface area contributed by atoms with Crippen molar-refractivity contribution in [2.24, 2.45) is 0 Å². The second kappa shape index (κ2) is 6.01. The lowest BCUT2D eigenvalue weighted by atomic mass is 10.1. The number of hydrogen-bond acceptors (Lipinski definition) is 4. The van der Waals surface area contributed by atoms with E-state index in [1.54, 1.807) is 0 Å². The van der Waals surface area contributed by atoms with Crippen molar-refractivity contribution in [2.75, 3.05) is 13.1 Å². The fourth-order valence-corrected chi connectivity index (χ4v) is 3.13. The molecule has 0 saturated carbocycles. The largest absolute Gasteiger partial charge is 0.292 e. The zero-order chi connectivity index (χ0) is 15.7. The molecule has 1 atom stereocenters. The lowest BCUT2D eigenvalue weighted by Crippen LogP contribution is -2.44. The van der Waals surface area contributed by atoms with Crippen molar-refractivity contribution in [1.82, 2.24) is 14.5 Å². The predicted octanol–water partition coefficient (Wildman–Crippen LogP) is 2.75. The Labute approximate surface area is 129 Å². The summed E-state index contributed by atoms with van der Waals surface area (Å²) in [4.78, 5) is 31.4. The summed E-state index contributed by atoms with van der Waals surface area (Å²) < 4.78 is 1.50. The second-order valence-electron chi connectivity index (χ2n) is 5.93. The summed E-state index contributed by atoms with van der Waals surface area (Å²) in [6.45, 7) is 5.26. The Hall–Kier alpha value is -2.01. The van der Waals surface area contributed by atoms with Crippen LogP contribution in [0.4, 0.5) is 0 Å². The number of aromatic nitrogens is 2. The first kappa shape index (κ1) is 14.9. The number of carbonyl (C=O) groups excluding carboxylic acids is 2. The molecule has 0 aliphatic carbocycles. The van der Waals surface area contributed by atoms with E-state index in [9.17, 15) is 9.59 Å². The average Bonchev–Trinajstić information content (AvgIpc) is 2.94. The van der Waals surface area contributed by atoms with Gasteiger partial charge < -0.3 is 0 Å². The maximum Gasteiger partial charge on any atom is 0.249 e. The number of likely N-dealkylation sites (tertiary alicyclic amines) is 1. The SMILES string of the molecule is CC(=O)c1nc2ccccc2n1C(=O)C(C)N1CCCCC1. The minimum absolute atomic E-state index is 0.0687. The van der Waals surface area contributed by atoms with Crippen molar-refractivity contribution in [2.45, 2.75) is 39.2 Å². The van der Waals surface area contributed by atoms with E-state index in [0.717, 1.165) is 25.9 Å². The molecule has 1 aromatic heterocycles. The summed E-state index contributed by atoms with van der Waals surface area (Å²) in [6.07, 6.45) is 3.48. The van der Waals surface area contributed by atoms with Crippen molar-refractivity contribution in [3.63, 3.8) is 0 Å². The number of fused-ring (bicyclic) bond motifs is 1. The molecule has 0 bridgehead atoms. The molecule has 5 heteroatoms. The molecule has 2 heterocycles. The third kappa shape index (κ3) is 2.57. The maximum atomic E-state index is 13.0. The first-order chi connectivity index (χ1) is 10.6. The summed E-state index contributed by atoms with van der Waals surface area (Å²) in [7, 11) is 0. The molecule has 1 fully saturated rings. The summed E-state index contributed by atoms with van der Waals surface area (Å²) in [5.41, 5.74) is 1.40. The molecule has 0 N–H and O–H groups in total. The first-order valence-corrected chi connectivity index (χ1v) is 7.86. The third-order valence-electron chi connectivity index (χ3n) is 4.39. The van der Waals surface area contributed by atoms with Crippen LogP contribution in [0.15, 0.2) is 24.3 Å². The number of hydrogen-bond donors (Lipinski definition) is 0. The van der Waals surface area contributed by atoms with Crippen LogP contribution in [0.1, 0.15) is 48.5 Å². The molecule has 1 unspecified atom stereocenters. The van der Waals surface area contributed by atoms with Crippen LogP contribution in [0.3, 0.4) is 0 Å².